The van der Waals surface area contributed by atoms with Gasteiger partial charge in [0, 0.05) is 24.5 Å². The number of amides is 1. The minimum Gasteiger partial charge on any atom is -0.321 e. The molecule has 17 heavy (non-hydrogen) atoms. The first-order chi connectivity index (χ1) is 8.06. The van der Waals surface area contributed by atoms with Gasteiger partial charge in [0.15, 0.2) is 5.69 Å². The van der Waals surface area contributed by atoms with E-state index in [1.54, 1.807) is 11.7 Å². The van der Waals surface area contributed by atoms with E-state index in [4.69, 9.17) is 0 Å². The molecule has 2 aromatic rings. The van der Waals surface area contributed by atoms with Gasteiger partial charge in [-0.1, -0.05) is 17.7 Å². The van der Waals surface area contributed by atoms with Crippen LogP contribution < -0.4 is 5.32 Å². The van der Waals surface area contributed by atoms with E-state index in [-0.39, 0.29) is 5.91 Å². The molecule has 88 valence electrons. The zero-order valence-electron chi connectivity index (χ0n) is 10.2. The fourth-order valence-corrected chi connectivity index (χ4v) is 1.66. The van der Waals surface area contributed by atoms with Crippen LogP contribution in [0.25, 0.3) is 0 Å². The molecule has 0 bridgehead atoms. The van der Waals surface area contributed by atoms with Gasteiger partial charge in [-0.25, -0.2) is 0 Å². The fourth-order valence-electron chi connectivity index (χ4n) is 1.66. The third-order valence-electron chi connectivity index (χ3n) is 2.54. The van der Waals surface area contributed by atoms with Crippen molar-refractivity contribution in [1.29, 1.82) is 0 Å². The van der Waals surface area contributed by atoms with Crippen molar-refractivity contribution in [1.82, 2.24) is 9.78 Å². The summed E-state index contributed by atoms with van der Waals surface area (Å²) < 4.78 is 1.64. The Morgan fingerprint density at radius 1 is 1.24 bits per heavy atom. The lowest BCUT2D eigenvalue weighted by Gasteiger charge is -2.03. The summed E-state index contributed by atoms with van der Waals surface area (Å²) in [5.41, 5.74) is 3.29. The molecule has 0 fully saturated rings. The summed E-state index contributed by atoms with van der Waals surface area (Å²) in [4.78, 5) is 11.9. The van der Waals surface area contributed by atoms with Crippen molar-refractivity contribution < 1.29 is 4.79 Å². The molecule has 0 radical (unpaired) electrons. The molecule has 0 aliphatic heterocycles. The summed E-state index contributed by atoms with van der Waals surface area (Å²) in [7, 11) is 1.80. The van der Waals surface area contributed by atoms with E-state index >= 15 is 0 Å². The Kier molecular flexibility index (Phi) is 2.95. The SMILES string of the molecule is Cc1ccc(NC(=O)c2nn(C)cc2C)cc1. The average molecular weight is 229 g/mol. The summed E-state index contributed by atoms with van der Waals surface area (Å²) >= 11 is 0. The van der Waals surface area contributed by atoms with Crippen LogP contribution in [0.4, 0.5) is 5.69 Å². The zero-order valence-corrected chi connectivity index (χ0v) is 10.2. The minimum atomic E-state index is -0.174. The molecule has 4 nitrogen and oxygen atoms in total. The van der Waals surface area contributed by atoms with Crippen LogP contribution in [0.3, 0.4) is 0 Å². The van der Waals surface area contributed by atoms with E-state index in [1.807, 2.05) is 44.3 Å². The van der Waals surface area contributed by atoms with E-state index in [0.29, 0.717) is 5.69 Å². The van der Waals surface area contributed by atoms with Gasteiger partial charge in [0.25, 0.3) is 5.91 Å². The molecule has 1 amide bonds. The third-order valence-corrected chi connectivity index (χ3v) is 2.54. The lowest BCUT2D eigenvalue weighted by Crippen LogP contribution is -2.14. The van der Waals surface area contributed by atoms with Crippen LogP contribution in [0.15, 0.2) is 30.5 Å². The average Bonchev–Trinajstić information content (AvgIpc) is 2.61. The fraction of sp³-hybridized carbons (Fsp3) is 0.231. The second-order valence-corrected chi connectivity index (χ2v) is 4.15. The van der Waals surface area contributed by atoms with Crippen molar-refractivity contribution in [3.63, 3.8) is 0 Å². The number of carbonyl (C=O) groups is 1. The highest BCUT2D eigenvalue weighted by Gasteiger charge is 2.12. The Morgan fingerprint density at radius 2 is 1.88 bits per heavy atom. The molecule has 0 saturated carbocycles. The lowest BCUT2D eigenvalue weighted by atomic mass is 10.2. The van der Waals surface area contributed by atoms with Crippen LogP contribution in [-0.2, 0) is 7.05 Å². The van der Waals surface area contributed by atoms with Crippen LogP contribution in [0.1, 0.15) is 21.6 Å². The number of carbonyl (C=O) groups excluding carboxylic acids is 1. The molecule has 1 N–H and O–H groups in total. The van der Waals surface area contributed by atoms with Crippen molar-refractivity contribution in [3.8, 4) is 0 Å². The van der Waals surface area contributed by atoms with Gasteiger partial charge in [-0.3, -0.25) is 9.48 Å². The largest absolute Gasteiger partial charge is 0.321 e. The molecule has 1 aromatic heterocycles. The summed E-state index contributed by atoms with van der Waals surface area (Å²) in [6.45, 7) is 3.88. The van der Waals surface area contributed by atoms with Crippen molar-refractivity contribution in [2.45, 2.75) is 13.8 Å². The molecular weight excluding hydrogens is 214 g/mol. The van der Waals surface area contributed by atoms with Crippen molar-refractivity contribution in [3.05, 3.63) is 47.3 Å². The third kappa shape index (κ3) is 2.53. The first kappa shape index (κ1) is 11.4. The number of nitrogens with one attached hydrogen (secondary N) is 1. The molecule has 0 atom stereocenters. The monoisotopic (exact) mass is 229 g/mol. The first-order valence-electron chi connectivity index (χ1n) is 5.44. The molecule has 0 saturated heterocycles. The summed E-state index contributed by atoms with van der Waals surface area (Å²) in [5.74, 6) is -0.174. The molecule has 4 heteroatoms. The van der Waals surface area contributed by atoms with Gasteiger partial charge in [-0.15, -0.1) is 0 Å². The van der Waals surface area contributed by atoms with Crippen molar-refractivity contribution in [2.24, 2.45) is 7.05 Å². The van der Waals surface area contributed by atoms with Crippen LogP contribution in [0.2, 0.25) is 0 Å². The van der Waals surface area contributed by atoms with E-state index in [2.05, 4.69) is 10.4 Å². The number of nitrogens with zero attached hydrogens (tertiary/aromatic N) is 2. The van der Waals surface area contributed by atoms with Gasteiger partial charge >= 0.3 is 0 Å². The maximum Gasteiger partial charge on any atom is 0.276 e. The van der Waals surface area contributed by atoms with Gasteiger partial charge in [0.1, 0.15) is 0 Å². The molecule has 0 spiro atoms. The molecule has 1 heterocycles. The van der Waals surface area contributed by atoms with Gasteiger partial charge < -0.3 is 5.32 Å². The highest BCUT2D eigenvalue weighted by molar-refractivity contribution is 6.03. The second kappa shape index (κ2) is 4.41. The topological polar surface area (TPSA) is 46.9 Å². The Balaban J connectivity index is 2.17. The zero-order chi connectivity index (χ0) is 12.4. The number of hydrogen-bond donors (Lipinski definition) is 1. The van der Waals surface area contributed by atoms with E-state index in [0.717, 1.165) is 16.8 Å². The van der Waals surface area contributed by atoms with Gasteiger partial charge in [0.05, 0.1) is 0 Å². The maximum absolute atomic E-state index is 11.9. The number of anilines is 1. The maximum atomic E-state index is 11.9. The molecule has 0 unspecified atom stereocenters. The Labute approximate surface area is 100 Å². The second-order valence-electron chi connectivity index (χ2n) is 4.15. The summed E-state index contributed by atoms with van der Waals surface area (Å²) in [6.07, 6.45) is 1.82. The number of benzene rings is 1. The highest BCUT2D eigenvalue weighted by Crippen LogP contribution is 2.11. The van der Waals surface area contributed by atoms with Gasteiger partial charge in [0.2, 0.25) is 0 Å². The standard InChI is InChI=1S/C13H15N3O/c1-9-4-6-11(7-5-9)14-13(17)12-10(2)8-16(3)15-12/h4-8H,1-3H3,(H,14,17). The van der Waals surface area contributed by atoms with Gasteiger partial charge in [-0.05, 0) is 26.0 Å². The molecule has 1 aromatic carbocycles. The highest BCUT2D eigenvalue weighted by atomic mass is 16.1. The first-order valence-corrected chi connectivity index (χ1v) is 5.44. The Morgan fingerprint density at radius 3 is 2.41 bits per heavy atom. The number of aryl methyl sites for hydroxylation is 3. The van der Waals surface area contributed by atoms with Gasteiger partial charge in [-0.2, -0.15) is 5.10 Å². The Bertz CT molecular complexity index is 540. The van der Waals surface area contributed by atoms with Crippen LogP contribution in [0.5, 0.6) is 0 Å². The predicted molar refractivity (Wildman–Crippen MR) is 67.1 cm³/mol. The summed E-state index contributed by atoms with van der Waals surface area (Å²) in [6, 6.07) is 7.68. The van der Waals surface area contributed by atoms with E-state index in [1.165, 1.54) is 0 Å². The number of rotatable bonds is 2. The summed E-state index contributed by atoms with van der Waals surface area (Å²) in [5, 5.41) is 6.95. The predicted octanol–water partition coefficient (Wildman–Crippen LogP) is 2.29. The lowest BCUT2D eigenvalue weighted by molar-refractivity contribution is 0.102. The molecule has 0 aliphatic carbocycles. The van der Waals surface area contributed by atoms with E-state index < -0.39 is 0 Å². The number of hydrogen-bond acceptors (Lipinski definition) is 2. The van der Waals surface area contributed by atoms with Crippen molar-refractivity contribution in [2.75, 3.05) is 5.32 Å². The minimum absolute atomic E-state index is 0.174. The number of aromatic nitrogens is 2. The van der Waals surface area contributed by atoms with Crippen molar-refractivity contribution >= 4 is 11.6 Å². The molecular formula is C13H15N3O. The molecule has 0 aliphatic rings. The van der Waals surface area contributed by atoms with Crippen LogP contribution >= 0.6 is 0 Å². The Hall–Kier alpha value is -2.10. The smallest absolute Gasteiger partial charge is 0.276 e. The quantitative estimate of drug-likeness (QED) is 0.858. The molecule has 2 rings (SSSR count). The van der Waals surface area contributed by atoms with Crippen LogP contribution in [-0.4, -0.2) is 15.7 Å². The normalized spacial score (nSPS) is 10.3. The van der Waals surface area contributed by atoms with Crippen LogP contribution in [0, 0.1) is 13.8 Å². The van der Waals surface area contributed by atoms with E-state index in [9.17, 15) is 4.79 Å².